The van der Waals surface area contributed by atoms with Gasteiger partial charge in [0, 0.05) is 12.5 Å². The van der Waals surface area contributed by atoms with Crippen molar-refractivity contribution < 1.29 is 14.5 Å². The van der Waals surface area contributed by atoms with Crippen molar-refractivity contribution in [2.45, 2.75) is 6.42 Å². The highest BCUT2D eigenvalue weighted by atomic mass is 16.6. The number of nitro benzene ring substituents is 1. The third-order valence-corrected chi connectivity index (χ3v) is 2.05. The summed E-state index contributed by atoms with van der Waals surface area (Å²) in [6.07, 6.45) is 2.99. The quantitative estimate of drug-likeness (QED) is 0.618. The van der Waals surface area contributed by atoms with Crippen LogP contribution < -0.4 is 10.5 Å². The van der Waals surface area contributed by atoms with E-state index >= 15 is 0 Å². The zero-order valence-electron chi connectivity index (χ0n) is 9.25. The van der Waals surface area contributed by atoms with Crippen LogP contribution in [0, 0.1) is 10.1 Å². The second-order valence-electron chi connectivity index (χ2n) is 3.25. The van der Waals surface area contributed by atoms with E-state index in [1.807, 2.05) is 0 Å². The van der Waals surface area contributed by atoms with Gasteiger partial charge >= 0.3 is 0 Å². The van der Waals surface area contributed by atoms with Crippen molar-refractivity contribution in [3.8, 4) is 5.75 Å². The number of primary amides is 1. The molecule has 0 saturated carbocycles. The number of ether oxygens (including phenoxy) is 1. The van der Waals surface area contributed by atoms with Crippen molar-refractivity contribution >= 4 is 17.7 Å². The monoisotopic (exact) mass is 236 g/mol. The van der Waals surface area contributed by atoms with Gasteiger partial charge in [-0.3, -0.25) is 14.9 Å². The molecule has 0 spiro atoms. The first-order chi connectivity index (χ1) is 8.04. The molecule has 1 amide bonds. The normalized spacial score (nSPS) is 10.4. The van der Waals surface area contributed by atoms with Crippen LogP contribution in [0.25, 0.3) is 6.08 Å². The average molecular weight is 236 g/mol. The van der Waals surface area contributed by atoms with E-state index in [1.165, 1.54) is 37.5 Å². The Balaban J connectivity index is 3.04. The molecule has 1 aromatic rings. The Bertz CT molecular complexity index is 469. The lowest BCUT2D eigenvalue weighted by Crippen LogP contribution is -2.07. The fraction of sp³-hybridized carbons (Fsp3) is 0.182. The van der Waals surface area contributed by atoms with E-state index in [2.05, 4.69) is 0 Å². The van der Waals surface area contributed by atoms with Gasteiger partial charge in [-0.25, -0.2) is 0 Å². The summed E-state index contributed by atoms with van der Waals surface area (Å²) in [6.45, 7) is 0. The molecular weight excluding hydrogens is 224 g/mol. The third kappa shape index (κ3) is 3.60. The molecule has 0 aromatic heterocycles. The fourth-order valence-electron chi connectivity index (χ4n) is 1.26. The van der Waals surface area contributed by atoms with E-state index in [0.717, 1.165) is 0 Å². The van der Waals surface area contributed by atoms with Gasteiger partial charge in [0.1, 0.15) is 5.75 Å². The first-order valence-corrected chi connectivity index (χ1v) is 4.82. The van der Waals surface area contributed by atoms with E-state index in [0.29, 0.717) is 11.3 Å². The van der Waals surface area contributed by atoms with E-state index in [4.69, 9.17) is 10.5 Å². The van der Waals surface area contributed by atoms with Gasteiger partial charge in [-0.15, -0.1) is 0 Å². The van der Waals surface area contributed by atoms with E-state index in [9.17, 15) is 14.9 Å². The van der Waals surface area contributed by atoms with Crippen LogP contribution in [0.1, 0.15) is 12.0 Å². The molecule has 0 bridgehead atoms. The molecule has 17 heavy (non-hydrogen) atoms. The molecule has 0 aliphatic carbocycles. The van der Waals surface area contributed by atoms with Crippen LogP contribution in [0.3, 0.4) is 0 Å². The number of hydrogen-bond acceptors (Lipinski definition) is 4. The second-order valence-corrected chi connectivity index (χ2v) is 3.25. The van der Waals surface area contributed by atoms with Gasteiger partial charge in [-0.1, -0.05) is 12.2 Å². The maximum absolute atomic E-state index is 10.8. The zero-order valence-corrected chi connectivity index (χ0v) is 9.25. The molecule has 1 rings (SSSR count). The predicted molar refractivity (Wildman–Crippen MR) is 62.5 cm³/mol. The summed E-state index contributed by atoms with van der Waals surface area (Å²) in [5.41, 5.74) is 5.28. The Morgan fingerprint density at radius 2 is 2.29 bits per heavy atom. The average Bonchev–Trinajstić information content (AvgIpc) is 2.28. The molecule has 6 heteroatoms. The lowest BCUT2D eigenvalue weighted by Gasteiger charge is -2.02. The number of hydrogen-bond donors (Lipinski definition) is 1. The molecule has 0 aliphatic rings. The van der Waals surface area contributed by atoms with Crippen molar-refractivity contribution in [1.82, 2.24) is 0 Å². The number of rotatable bonds is 5. The molecule has 6 nitrogen and oxygen atoms in total. The smallest absolute Gasteiger partial charge is 0.276 e. The molecule has 0 saturated heterocycles. The van der Waals surface area contributed by atoms with E-state index in [1.54, 1.807) is 0 Å². The first-order valence-electron chi connectivity index (χ1n) is 4.82. The van der Waals surface area contributed by atoms with Gasteiger partial charge in [-0.2, -0.15) is 0 Å². The molecule has 1 aromatic carbocycles. The van der Waals surface area contributed by atoms with Crippen molar-refractivity contribution in [2.75, 3.05) is 7.11 Å². The minimum absolute atomic E-state index is 0.0361. The topological polar surface area (TPSA) is 95.5 Å². The summed E-state index contributed by atoms with van der Waals surface area (Å²) in [6, 6.07) is 4.38. The third-order valence-electron chi connectivity index (χ3n) is 2.05. The molecule has 0 heterocycles. The van der Waals surface area contributed by atoms with Crippen LogP contribution in [0.2, 0.25) is 0 Å². The summed E-state index contributed by atoms with van der Waals surface area (Å²) in [5, 5.41) is 10.8. The van der Waals surface area contributed by atoms with Crippen molar-refractivity contribution in [2.24, 2.45) is 5.73 Å². The second kappa shape index (κ2) is 5.64. The summed E-state index contributed by atoms with van der Waals surface area (Å²) in [4.78, 5) is 20.8. The highest BCUT2D eigenvalue weighted by molar-refractivity contribution is 5.77. The van der Waals surface area contributed by atoms with Gasteiger partial charge < -0.3 is 10.5 Å². The SMILES string of the molecule is COc1ccc([N+](=O)[O-])c(C=CCC(N)=O)c1. The first kappa shape index (κ1) is 12.7. The maximum atomic E-state index is 10.8. The van der Waals surface area contributed by atoms with E-state index in [-0.39, 0.29) is 12.1 Å². The van der Waals surface area contributed by atoms with Crippen LogP contribution in [0.15, 0.2) is 24.3 Å². The predicted octanol–water partition coefficient (Wildman–Crippen LogP) is 1.49. The van der Waals surface area contributed by atoms with Crippen molar-refractivity contribution in [3.63, 3.8) is 0 Å². The Morgan fingerprint density at radius 1 is 1.59 bits per heavy atom. The highest BCUT2D eigenvalue weighted by Crippen LogP contribution is 2.25. The molecule has 0 aliphatic heterocycles. The molecule has 90 valence electrons. The summed E-state index contributed by atoms with van der Waals surface area (Å²) in [5.74, 6) is 0.0149. The standard InChI is InChI=1S/C11H12N2O4/c1-17-9-5-6-10(13(15)16)8(7-9)3-2-4-11(12)14/h2-3,5-7H,4H2,1H3,(H2,12,14). The summed E-state index contributed by atoms with van der Waals surface area (Å²) in [7, 11) is 1.47. The Hall–Kier alpha value is -2.37. The number of nitrogens with zero attached hydrogens (tertiary/aromatic N) is 1. The highest BCUT2D eigenvalue weighted by Gasteiger charge is 2.11. The molecule has 0 atom stereocenters. The minimum atomic E-state index is -0.497. The number of amides is 1. The van der Waals surface area contributed by atoms with Gasteiger partial charge in [0.2, 0.25) is 5.91 Å². The van der Waals surface area contributed by atoms with Crippen LogP contribution >= 0.6 is 0 Å². The summed E-state index contributed by atoms with van der Waals surface area (Å²) >= 11 is 0. The lowest BCUT2D eigenvalue weighted by molar-refractivity contribution is -0.385. The lowest BCUT2D eigenvalue weighted by atomic mass is 10.1. The van der Waals surface area contributed by atoms with Gasteiger partial charge in [-0.05, 0) is 12.1 Å². The Labute approximate surface area is 97.8 Å². The van der Waals surface area contributed by atoms with Crippen LogP contribution in [0.5, 0.6) is 5.75 Å². The fourth-order valence-corrected chi connectivity index (χ4v) is 1.26. The largest absolute Gasteiger partial charge is 0.497 e. The molecule has 2 N–H and O–H groups in total. The zero-order chi connectivity index (χ0) is 12.8. The van der Waals surface area contributed by atoms with Crippen molar-refractivity contribution in [1.29, 1.82) is 0 Å². The number of carbonyl (C=O) groups excluding carboxylic acids is 1. The van der Waals surface area contributed by atoms with Crippen LogP contribution in [-0.2, 0) is 4.79 Å². The van der Waals surface area contributed by atoms with Crippen LogP contribution in [-0.4, -0.2) is 17.9 Å². The number of methoxy groups -OCH3 is 1. The molecule has 0 fully saturated rings. The Morgan fingerprint density at radius 3 is 2.82 bits per heavy atom. The molecular formula is C11H12N2O4. The van der Waals surface area contributed by atoms with Gasteiger partial charge in [0.25, 0.3) is 5.69 Å². The van der Waals surface area contributed by atoms with E-state index < -0.39 is 10.8 Å². The minimum Gasteiger partial charge on any atom is -0.497 e. The van der Waals surface area contributed by atoms with Crippen molar-refractivity contribution in [3.05, 3.63) is 40.0 Å². The van der Waals surface area contributed by atoms with Crippen LogP contribution in [0.4, 0.5) is 5.69 Å². The number of carbonyl (C=O) groups is 1. The van der Waals surface area contributed by atoms with Gasteiger partial charge in [0.05, 0.1) is 17.6 Å². The maximum Gasteiger partial charge on any atom is 0.276 e. The Kier molecular flexibility index (Phi) is 4.21. The number of benzene rings is 1. The number of nitrogens with two attached hydrogens (primary N) is 1. The number of nitro groups is 1. The summed E-state index contributed by atoms with van der Waals surface area (Å²) < 4.78 is 4.97. The van der Waals surface area contributed by atoms with Gasteiger partial charge in [0.15, 0.2) is 0 Å². The molecule has 0 radical (unpaired) electrons. The molecule has 0 unspecified atom stereocenters.